The molecule has 0 saturated carbocycles. The minimum atomic E-state index is 0.928. The van der Waals surface area contributed by atoms with Crippen LogP contribution in [-0.4, -0.2) is 52.4 Å². The molecule has 1 saturated heterocycles. The molecule has 0 aliphatic carbocycles. The van der Waals surface area contributed by atoms with Crippen LogP contribution in [0.1, 0.15) is 18.3 Å². The lowest BCUT2D eigenvalue weighted by Crippen LogP contribution is -2.37. The first-order valence-electron chi connectivity index (χ1n) is 6.83. The summed E-state index contributed by atoms with van der Waals surface area (Å²) in [5, 5.41) is 7.99. The van der Waals surface area contributed by atoms with Crippen LogP contribution < -0.4 is 5.32 Å². The molecule has 0 bridgehead atoms. The van der Waals surface area contributed by atoms with Crippen molar-refractivity contribution < 1.29 is 0 Å². The molecule has 1 aromatic rings. The van der Waals surface area contributed by atoms with Gasteiger partial charge in [-0.3, -0.25) is 4.68 Å². The molecule has 0 atom stereocenters. The fourth-order valence-corrected chi connectivity index (χ4v) is 3.27. The van der Waals surface area contributed by atoms with Crippen molar-refractivity contribution in [2.45, 2.75) is 26.9 Å². The summed E-state index contributed by atoms with van der Waals surface area (Å²) in [7, 11) is 0. The number of thioether (sulfide) groups is 1. The zero-order valence-electron chi connectivity index (χ0n) is 11.5. The Labute approximate surface area is 114 Å². The van der Waals surface area contributed by atoms with Gasteiger partial charge in [0.05, 0.1) is 11.4 Å². The Morgan fingerprint density at radius 3 is 2.89 bits per heavy atom. The minimum Gasteiger partial charge on any atom is -0.310 e. The van der Waals surface area contributed by atoms with Crippen molar-refractivity contribution >= 4 is 11.8 Å². The van der Waals surface area contributed by atoms with Crippen LogP contribution >= 0.6 is 11.8 Å². The van der Waals surface area contributed by atoms with Gasteiger partial charge in [0.1, 0.15) is 0 Å². The number of hydrogen-bond donors (Lipinski definition) is 1. The molecular formula is C13H24N4S. The Morgan fingerprint density at radius 1 is 1.39 bits per heavy atom. The normalized spacial score (nSPS) is 17.2. The zero-order chi connectivity index (χ0) is 12.8. The van der Waals surface area contributed by atoms with Gasteiger partial charge in [-0.05, 0) is 19.9 Å². The van der Waals surface area contributed by atoms with Gasteiger partial charge in [0.2, 0.25) is 0 Å². The van der Waals surface area contributed by atoms with Crippen LogP contribution in [0, 0.1) is 6.92 Å². The van der Waals surface area contributed by atoms with E-state index >= 15 is 0 Å². The van der Waals surface area contributed by atoms with E-state index in [0.717, 1.165) is 25.3 Å². The molecule has 102 valence electrons. The molecule has 5 heteroatoms. The molecule has 0 aromatic carbocycles. The molecule has 0 amide bonds. The van der Waals surface area contributed by atoms with Crippen molar-refractivity contribution in [1.29, 1.82) is 0 Å². The monoisotopic (exact) mass is 268 g/mol. The zero-order valence-corrected chi connectivity index (χ0v) is 12.3. The second kappa shape index (κ2) is 7.16. The maximum Gasteiger partial charge on any atom is 0.0597 e. The van der Waals surface area contributed by atoms with Gasteiger partial charge >= 0.3 is 0 Å². The average Bonchev–Trinajstić information content (AvgIpc) is 2.76. The number of hydrogen-bond acceptors (Lipinski definition) is 4. The maximum atomic E-state index is 4.46. The van der Waals surface area contributed by atoms with Crippen molar-refractivity contribution in [3.63, 3.8) is 0 Å². The van der Waals surface area contributed by atoms with Gasteiger partial charge in [-0.2, -0.15) is 16.9 Å². The summed E-state index contributed by atoms with van der Waals surface area (Å²) >= 11 is 2.07. The van der Waals surface area contributed by atoms with E-state index in [-0.39, 0.29) is 0 Å². The first kappa shape index (κ1) is 13.9. The van der Waals surface area contributed by atoms with E-state index < -0.39 is 0 Å². The lowest BCUT2D eigenvalue weighted by Gasteiger charge is -2.26. The third-order valence-corrected chi connectivity index (χ3v) is 4.24. The van der Waals surface area contributed by atoms with Crippen molar-refractivity contribution in [1.82, 2.24) is 20.0 Å². The first-order chi connectivity index (χ1) is 8.79. The molecule has 1 aromatic heterocycles. The summed E-state index contributed by atoms with van der Waals surface area (Å²) in [6, 6.07) is 2.17. The average molecular weight is 268 g/mol. The number of nitrogens with one attached hydrogen (secondary N) is 1. The molecular weight excluding hydrogens is 244 g/mol. The predicted octanol–water partition coefficient (Wildman–Crippen LogP) is 1.35. The highest BCUT2D eigenvalue weighted by atomic mass is 32.2. The largest absolute Gasteiger partial charge is 0.310 e. The number of rotatable bonds is 6. The molecule has 1 fully saturated rings. The lowest BCUT2D eigenvalue weighted by atomic mass is 10.3. The van der Waals surface area contributed by atoms with Gasteiger partial charge in [0.25, 0.3) is 0 Å². The summed E-state index contributed by atoms with van der Waals surface area (Å²) in [6.45, 7) is 10.8. The first-order valence-corrected chi connectivity index (χ1v) is 7.99. The highest BCUT2D eigenvalue weighted by Gasteiger charge is 2.09. The Hall–Kier alpha value is -0.520. The van der Waals surface area contributed by atoms with Gasteiger partial charge in [-0.1, -0.05) is 0 Å². The summed E-state index contributed by atoms with van der Waals surface area (Å²) in [6.07, 6.45) is 0. The second-order valence-electron chi connectivity index (χ2n) is 4.72. The van der Waals surface area contributed by atoms with Gasteiger partial charge in [0.15, 0.2) is 0 Å². The fourth-order valence-electron chi connectivity index (χ4n) is 2.29. The van der Waals surface area contributed by atoms with Gasteiger partial charge in [-0.25, -0.2) is 0 Å². The summed E-state index contributed by atoms with van der Waals surface area (Å²) < 4.78 is 2.08. The molecule has 0 spiro atoms. The Kier molecular flexibility index (Phi) is 5.53. The van der Waals surface area contributed by atoms with Crippen LogP contribution in [-0.2, 0) is 13.1 Å². The van der Waals surface area contributed by atoms with E-state index in [1.54, 1.807) is 0 Å². The van der Waals surface area contributed by atoms with E-state index in [2.05, 4.69) is 51.7 Å². The summed E-state index contributed by atoms with van der Waals surface area (Å²) in [5.74, 6) is 2.59. The number of nitrogens with zero attached hydrogens (tertiary/aromatic N) is 3. The standard InChI is InChI=1S/C13H24N4S/c1-3-17-13(10-12(2)15-17)11-14-4-5-16-6-8-18-9-7-16/h10,14H,3-9,11H2,1-2H3. The molecule has 0 radical (unpaired) electrons. The fraction of sp³-hybridized carbons (Fsp3) is 0.769. The van der Waals surface area contributed by atoms with Gasteiger partial charge < -0.3 is 10.2 Å². The minimum absolute atomic E-state index is 0.928. The maximum absolute atomic E-state index is 4.46. The van der Waals surface area contributed by atoms with Crippen LogP contribution in [0.5, 0.6) is 0 Å². The number of aromatic nitrogens is 2. The molecule has 18 heavy (non-hydrogen) atoms. The van der Waals surface area contributed by atoms with Crippen LogP contribution in [0.4, 0.5) is 0 Å². The SMILES string of the molecule is CCn1nc(C)cc1CNCCN1CCSCC1. The van der Waals surface area contributed by atoms with E-state index in [1.807, 2.05) is 0 Å². The van der Waals surface area contributed by atoms with Crippen LogP contribution in [0.3, 0.4) is 0 Å². The van der Waals surface area contributed by atoms with Gasteiger partial charge in [0, 0.05) is 50.8 Å². The van der Waals surface area contributed by atoms with Crippen molar-refractivity contribution in [3.8, 4) is 0 Å². The molecule has 1 N–H and O–H groups in total. The Bertz CT molecular complexity index is 358. The Balaban J connectivity index is 1.68. The van der Waals surface area contributed by atoms with Crippen molar-refractivity contribution in [3.05, 3.63) is 17.5 Å². The molecule has 0 unspecified atom stereocenters. The lowest BCUT2D eigenvalue weighted by molar-refractivity contribution is 0.300. The summed E-state index contributed by atoms with van der Waals surface area (Å²) in [4.78, 5) is 2.55. The Morgan fingerprint density at radius 2 is 2.17 bits per heavy atom. The third kappa shape index (κ3) is 4.00. The van der Waals surface area contributed by atoms with E-state index in [0.29, 0.717) is 0 Å². The second-order valence-corrected chi connectivity index (χ2v) is 5.95. The molecule has 1 aliphatic heterocycles. The van der Waals surface area contributed by atoms with Crippen LogP contribution in [0.15, 0.2) is 6.07 Å². The quantitative estimate of drug-likeness (QED) is 0.790. The van der Waals surface area contributed by atoms with Gasteiger partial charge in [-0.15, -0.1) is 0 Å². The highest BCUT2D eigenvalue weighted by Crippen LogP contribution is 2.08. The molecule has 2 rings (SSSR count). The van der Waals surface area contributed by atoms with E-state index in [4.69, 9.17) is 0 Å². The smallest absolute Gasteiger partial charge is 0.0597 e. The van der Waals surface area contributed by atoms with Crippen molar-refractivity contribution in [2.75, 3.05) is 37.7 Å². The van der Waals surface area contributed by atoms with Crippen LogP contribution in [0.25, 0.3) is 0 Å². The van der Waals surface area contributed by atoms with E-state index in [1.165, 1.54) is 36.8 Å². The van der Waals surface area contributed by atoms with E-state index in [9.17, 15) is 0 Å². The molecule has 4 nitrogen and oxygen atoms in total. The highest BCUT2D eigenvalue weighted by molar-refractivity contribution is 7.99. The number of aryl methyl sites for hydroxylation is 2. The molecule has 2 heterocycles. The predicted molar refractivity (Wildman–Crippen MR) is 78.1 cm³/mol. The van der Waals surface area contributed by atoms with Crippen LogP contribution in [0.2, 0.25) is 0 Å². The topological polar surface area (TPSA) is 33.1 Å². The van der Waals surface area contributed by atoms with Crippen molar-refractivity contribution in [2.24, 2.45) is 0 Å². The third-order valence-electron chi connectivity index (χ3n) is 3.30. The summed E-state index contributed by atoms with van der Waals surface area (Å²) in [5.41, 5.74) is 2.41. The molecule has 1 aliphatic rings.